The Morgan fingerprint density at radius 2 is 2.16 bits per heavy atom. The van der Waals surface area contributed by atoms with Crippen molar-refractivity contribution in [2.24, 2.45) is 17.3 Å². The first-order valence-corrected chi connectivity index (χ1v) is 7.30. The zero-order chi connectivity index (χ0) is 14.3. The second-order valence-corrected chi connectivity index (χ2v) is 7.00. The van der Waals surface area contributed by atoms with Gasteiger partial charge in [-0.25, -0.2) is 0 Å². The lowest BCUT2D eigenvalue weighted by Gasteiger charge is -2.48. The van der Waals surface area contributed by atoms with Crippen LogP contribution in [0.15, 0.2) is 23.8 Å². The van der Waals surface area contributed by atoms with Gasteiger partial charge in [0.25, 0.3) is 0 Å². The number of hydrogen-bond acceptors (Lipinski definition) is 2. The van der Waals surface area contributed by atoms with E-state index in [1.807, 2.05) is 0 Å². The molecule has 19 heavy (non-hydrogen) atoms. The lowest BCUT2D eigenvalue weighted by molar-refractivity contribution is -0.161. The zero-order valence-corrected chi connectivity index (χ0v) is 12.8. The summed E-state index contributed by atoms with van der Waals surface area (Å²) in [5.74, 6) is 0.865. The second kappa shape index (κ2) is 4.81. The van der Waals surface area contributed by atoms with Crippen LogP contribution >= 0.6 is 0 Å². The van der Waals surface area contributed by atoms with Gasteiger partial charge < -0.3 is 4.74 Å². The number of hydrogen-bond donors (Lipinski definition) is 0. The summed E-state index contributed by atoms with van der Waals surface area (Å²) in [6.07, 6.45) is 10.2. The van der Waals surface area contributed by atoms with Crippen LogP contribution in [0.4, 0.5) is 0 Å². The van der Waals surface area contributed by atoms with Gasteiger partial charge in [0, 0.05) is 6.92 Å². The van der Waals surface area contributed by atoms with Crippen molar-refractivity contribution >= 4 is 5.97 Å². The molecule has 0 spiro atoms. The molecule has 0 N–H and O–H groups in total. The van der Waals surface area contributed by atoms with Crippen molar-refractivity contribution in [1.29, 1.82) is 0 Å². The Hall–Kier alpha value is -1.05. The van der Waals surface area contributed by atoms with E-state index in [1.165, 1.54) is 18.9 Å². The third kappa shape index (κ3) is 2.77. The maximum Gasteiger partial charge on any atom is 0.303 e. The number of fused-ring (bicyclic) bond motifs is 1. The lowest BCUT2D eigenvalue weighted by atomic mass is 9.58. The Labute approximate surface area is 116 Å². The van der Waals surface area contributed by atoms with E-state index in [0.717, 1.165) is 12.8 Å². The SMILES string of the molecule is CC(=O)OC(C)(C)[C@@H]1CC[C@@]2(C)C=CC=C(C)[C@@H]2C1. The summed E-state index contributed by atoms with van der Waals surface area (Å²) in [5, 5.41) is 0. The molecule has 0 aromatic rings. The van der Waals surface area contributed by atoms with Crippen molar-refractivity contribution in [1.82, 2.24) is 0 Å². The monoisotopic (exact) mass is 262 g/mol. The number of carbonyl (C=O) groups is 1. The van der Waals surface area contributed by atoms with E-state index in [-0.39, 0.29) is 11.6 Å². The van der Waals surface area contributed by atoms with Gasteiger partial charge in [0.15, 0.2) is 0 Å². The Morgan fingerprint density at radius 3 is 2.79 bits per heavy atom. The molecule has 0 saturated heterocycles. The molecule has 3 atom stereocenters. The normalized spacial score (nSPS) is 34.5. The van der Waals surface area contributed by atoms with Gasteiger partial charge in [-0.15, -0.1) is 0 Å². The van der Waals surface area contributed by atoms with Crippen LogP contribution in [0.1, 0.15) is 53.9 Å². The number of ether oxygens (including phenoxy) is 1. The van der Waals surface area contributed by atoms with Crippen molar-refractivity contribution in [3.05, 3.63) is 23.8 Å². The fourth-order valence-electron chi connectivity index (χ4n) is 3.86. The molecule has 0 aromatic heterocycles. The summed E-state index contributed by atoms with van der Waals surface area (Å²) >= 11 is 0. The molecule has 0 aliphatic heterocycles. The first-order chi connectivity index (χ1) is 8.74. The maximum atomic E-state index is 11.3. The quantitative estimate of drug-likeness (QED) is 0.695. The van der Waals surface area contributed by atoms with Gasteiger partial charge >= 0.3 is 5.97 Å². The molecule has 0 radical (unpaired) electrons. The molecule has 2 nitrogen and oxygen atoms in total. The third-order valence-corrected chi connectivity index (χ3v) is 5.12. The molecule has 0 unspecified atom stereocenters. The summed E-state index contributed by atoms with van der Waals surface area (Å²) in [7, 11) is 0. The summed E-state index contributed by atoms with van der Waals surface area (Å²) in [6.45, 7) is 10.2. The van der Waals surface area contributed by atoms with Crippen LogP contribution in [0, 0.1) is 17.3 Å². The van der Waals surface area contributed by atoms with Gasteiger partial charge in [-0.1, -0.05) is 30.7 Å². The van der Waals surface area contributed by atoms with Crippen molar-refractivity contribution in [2.45, 2.75) is 59.5 Å². The minimum absolute atomic E-state index is 0.172. The number of carbonyl (C=O) groups excluding carboxylic acids is 1. The van der Waals surface area contributed by atoms with Crippen LogP contribution in [0.2, 0.25) is 0 Å². The predicted molar refractivity (Wildman–Crippen MR) is 77.7 cm³/mol. The molecular formula is C17H26O2. The molecule has 2 aliphatic carbocycles. The average Bonchev–Trinajstić information content (AvgIpc) is 2.26. The van der Waals surface area contributed by atoms with Crippen molar-refractivity contribution in [3.8, 4) is 0 Å². The Kier molecular flexibility index (Phi) is 3.63. The van der Waals surface area contributed by atoms with Crippen LogP contribution in [0.25, 0.3) is 0 Å². The number of rotatable bonds is 2. The Morgan fingerprint density at radius 1 is 1.47 bits per heavy atom. The lowest BCUT2D eigenvalue weighted by Crippen LogP contribution is -2.44. The van der Waals surface area contributed by atoms with Gasteiger partial charge in [-0.3, -0.25) is 4.79 Å². The molecule has 0 aromatic carbocycles. The summed E-state index contributed by atoms with van der Waals surface area (Å²) in [5.41, 5.74) is 1.41. The number of esters is 1. The largest absolute Gasteiger partial charge is 0.460 e. The summed E-state index contributed by atoms with van der Waals surface area (Å²) < 4.78 is 5.55. The van der Waals surface area contributed by atoms with Gasteiger partial charge in [-0.05, 0) is 57.3 Å². The molecule has 0 heterocycles. The Bertz CT molecular complexity index is 431. The summed E-state index contributed by atoms with van der Waals surface area (Å²) in [6, 6.07) is 0. The molecule has 2 aliphatic rings. The van der Waals surface area contributed by atoms with Gasteiger partial charge in [0.05, 0.1) is 0 Å². The molecule has 1 saturated carbocycles. The first kappa shape index (κ1) is 14.4. The third-order valence-electron chi connectivity index (χ3n) is 5.12. The van der Waals surface area contributed by atoms with E-state index in [9.17, 15) is 4.79 Å². The van der Waals surface area contributed by atoms with E-state index in [0.29, 0.717) is 17.3 Å². The van der Waals surface area contributed by atoms with Crippen LogP contribution in [0.3, 0.4) is 0 Å². The molecule has 0 bridgehead atoms. The van der Waals surface area contributed by atoms with Crippen molar-refractivity contribution in [2.75, 3.05) is 0 Å². The maximum absolute atomic E-state index is 11.3. The highest BCUT2D eigenvalue weighted by Gasteiger charge is 2.45. The molecule has 106 valence electrons. The van der Waals surface area contributed by atoms with E-state index in [1.54, 1.807) is 0 Å². The first-order valence-electron chi connectivity index (χ1n) is 7.30. The van der Waals surface area contributed by atoms with Gasteiger partial charge in [0.1, 0.15) is 5.60 Å². The van der Waals surface area contributed by atoms with E-state index in [4.69, 9.17) is 4.74 Å². The van der Waals surface area contributed by atoms with Crippen LogP contribution in [-0.2, 0) is 9.53 Å². The standard InChI is InChI=1S/C17H26O2/c1-12-7-6-9-17(5)10-8-14(11-15(12)17)16(3,4)19-13(2)18/h6-7,9,14-15H,8,10-11H2,1-5H3/t14-,15+,17-/m1/s1. The topological polar surface area (TPSA) is 26.3 Å². The van der Waals surface area contributed by atoms with Crippen LogP contribution < -0.4 is 0 Å². The highest BCUT2D eigenvalue weighted by Crippen LogP contribution is 2.52. The van der Waals surface area contributed by atoms with Crippen LogP contribution in [-0.4, -0.2) is 11.6 Å². The number of allylic oxidation sites excluding steroid dienone is 4. The second-order valence-electron chi connectivity index (χ2n) is 7.00. The Balaban J connectivity index is 2.16. The van der Waals surface area contributed by atoms with E-state index < -0.39 is 0 Å². The van der Waals surface area contributed by atoms with Gasteiger partial charge in [0.2, 0.25) is 0 Å². The molecule has 2 rings (SSSR count). The molecular weight excluding hydrogens is 236 g/mol. The molecule has 1 fully saturated rings. The van der Waals surface area contributed by atoms with Crippen molar-refractivity contribution in [3.63, 3.8) is 0 Å². The van der Waals surface area contributed by atoms with Crippen molar-refractivity contribution < 1.29 is 9.53 Å². The zero-order valence-electron chi connectivity index (χ0n) is 12.8. The highest BCUT2D eigenvalue weighted by molar-refractivity contribution is 5.66. The van der Waals surface area contributed by atoms with E-state index in [2.05, 4.69) is 45.9 Å². The highest BCUT2D eigenvalue weighted by atomic mass is 16.6. The molecule has 0 amide bonds. The predicted octanol–water partition coefficient (Wildman–Crippen LogP) is 4.27. The fourth-order valence-corrected chi connectivity index (χ4v) is 3.86. The fraction of sp³-hybridized carbons (Fsp3) is 0.706. The average molecular weight is 262 g/mol. The summed E-state index contributed by atoms with van der Waals surface area (Å²) in [4.78, 5) is 11.3. The smallest absolute Gasteiger partial charge is 0.303 e. The van der Waals surface area contributed by atoms with Crippen LogP contribution in [0.5, 0.6) is 0 Å². The minimum atomic E-state index is -0.353. The molecule has 2 heteroatoms. The minimum Gasteiger partial charge on any atom is -0.460 e. The van der Waals surface area contributed by atoms with E-state index >= 15 is 0 Å². The van der Waals surface area contributed by atoms with Gasteiger partial charge in [-0.2, -0.15) is 0 Å².